The third kappa shape index (κ3) is 2.83. The minimum Gasteiger partial charge on any atom is -0.496 e. The molecule has 0 aliphatic rings. The lowest BCUT2D eigenvalue weighted by Crippen LogP contribution is -2.06. The number of anilines is 2. The van der Waals surface area contributed by atoms with Crippen LogP contribution in [0.2, 0.25) is 0 Å². The lowest BCUT2D eigenvalue weighted by molar-refractivity contribution is -0.137. The molecule has 0 aliphatic heterocycles. The topological polar surface area (TPSA) is 74.2 Å². The Balaban J connectivity index is 2.62. The molecule has 0 amide bonds. The molecule has 4 N–H and O–H groups in total. The Kier molecular flexibility index (Phi) is 3.63. The van der Waals surface area contributed by atoms with Gasteiger partial charge in [-0.1, -0.05) is 0 Å². The average molecular weight is 301 g/mol. The van der Waals surface area contributed by atoms with E-state index in [4.69, 9.17) is 16.2 Å². The molecule has 0 saturated carbocycles. The number of aromatic nitrogens is 1. The highest BCUT2D eigenvalue weighted by molar-refractivity contribution is 5.73. The van der Waals surface area contributed by atoms with Crippen LogP contribution >= 0.6 is 0 Å². The van der Waals surface area contributed by atoms with Crippen LogP contribution < -0.4 is 16.2 Å². The van der Waals surface area contributed by atoms with Crippen molar-refractivity contribution < 1.29 is 22.3 Å². The summed E-state index contributed by atoms with van der Waals surface area (Å²) in [7, 11) is 1.18. The van der Waals surface area contributed by atoms with Gasteiger partial charge in [-0.05, 0) is 18.2 Å². The highest BCUT2D eigenvalue weighted by atomic mass is 19.4. The molecule has 0 radical (unpaired) electrons. The molecular weight excluding hydrogens is 290 g/mol. The Morgan fingerprint density at radius 1 is 1.14 bits per heavy atom. The molecule has 0 aliphatic carbocycles. The molecule has 8 heteroatoms. The first-order valence-electron chi connectivity index (χ1n) is 5.71. The molecule has 112 valence electrons. The standard InChI is InChI=1S/C13H11F4N3O/c1-21-10-4-6(13(15,16)17)2-3-7(10)11-8(14)5-9(18)12(19)20-11/h2-5H,18H2,1H3,(H2,19,20). The Bertz CT molecular complexity index is 686. The number of hydrogen-bond acceptors (Lipinski definition) is 4. The van der Waals surface area contributed by atoms with E-state index < -0.39 is 17.6 Å². The van der Waals surface area contributed by atoms with Crippen LogP contribution in [0.3, 0.4) is 0 Å². The largest absolute Gasteiger partial charge is 0.496 e. The fourth-order valence-corrected chi connectivity index (χ4v) is 1.77. The second-order valence-electron chi connectivity index (χ2n) is 4.21. The Morgan fingerprint density at radius 3 is 2.38 bits per heavy atom. The molecule has 1 aromatic heterocycles. The molecule has 2 rings (SSSR count). The number of nitrogens with two attached hydrogens (primary N) is 2. The van der Waals surface area contributed by atoms with Gasteiger partial charge >= 0.3 is 6.18 Å². The molecule has 0 saturated heterocycles. The number of nitrogen functional groups attached to an aromatic ring is 2. The van der Waals surface area contributed by atoms with Crippen LogP contribution in [0.4, 0.5) is 29.1 Å². The van der Waals surface area contributed by atoms with Crippen LogP contribution in [0.15, 0.2) is 24.3 Å². The summed E-state index contributed by atoms with van der Waals surface area (Å²) in [6, 6.07) is 3.60. The molecule has 0 fully saturated rings. The van der Waals surface area contributed by atoms with Gasteiger partial charge in [0.05, 0.1) is 18.4 Å². The van der Waals surface area contributed by atoms with Crippen molar-refractivity contribution >= 4 is 11.5 Å². The SMILES string of the molecule is COc1cc(C(F)(F)F)ccc1-c1nc(N)c(N)cc1F. The number of benzene rings is 1. The summed E-state index contributed by atoms with van der Waals surface area (Å²) in [5.41, 5.74) is 9.76. The van der Waals surface area contributed by atoms with Crippen molar-refractivity contribution in [3.8, 4) is 17.0 Å². The van der Waals surface area contributed by atoms with Gasteiger partial charge in [0.1, 0.15) is 17.3 Å². The normalized spacial score (nSPS) is 11.5. The number of alkyl halides is 3. The van der Waals surface area contributed by atoms with Crippen LogP contribution in [-0.2, 0) is 6.18 Å². The monoisotopic (exact) mass is 301 g/mol. The van der Waals surface area contributed by atoms with Crippen molar-refractivity contribution in [1.29, 1.82) is 0 Å². The van der Waals surface area contributed by atoms with Crippen LogP contribution in [-0.4, -0.2) is 12.1 Å². The predicted octanol–water partition coefficient (Wildman–Crippen LogP) is 3.08. The van der Waals surface area contributed by atoms with Crippen LogP contribution in [0.5, 0.6) is 5.75 Å². The van der Waals surface area contributed by atoms with Crippen LogP contribution in [0, 0.1) is 5.82 Å². The van der Waals surface area contributed by atoms with Gasteiger partial charge in [-0.2, -0.15) is 13.2 Å². The Labute approximate surface area is 117 Å². The summed E-state index contributed by atoms with van der Waals surface area (Å²) >= 11 is 0. The van der Waals surface area contributed by atoms with Gasteiger partial charge in [0.2, 0.25) is 0 Å². The average Bonchev–Trinajstić information content (AvgIpc) is 2.41. The first kappa shape index (κ1) is 14.9. The quantitative estimate of drug-likeness (QED) is 0.836. The minimum atomic E-state index is -4.53. The molecular formula is C13H11F4N3O. The van der Waals surface area contributed by atoms with Gasteiger partial charge in [-0.15, -0.1) is 0 Å². The lowest BCUT2D eigenvalue weighted by Gasteiger charge is -2.13. The predicted molar refractivity (Wildman–Crippen MR) is 70.0 cm³/mol. The first-order chi connectivity index (χ1) is 9.74. The molecule has 1 heterocycles. The molecule has 0 spiro atoms. The maximum atomic E-state index is 13.9. The first-order valence-corrected chi connectivity index (χ1v) is 5.71. The second kappa shape index (κ2) is 5.12. The van der Waals surface area contributed by atoms with Gasteiger partial charge in [-0.25, -0.2) is 9.37 Å². The Hall–Kier alpha value is -2.51. The number of nitrogens with zero attached hydrogens (tertiary/aromatic N) is 1. The smallest absolute Gasteiger partial charge is 0.416 e. The van der Waals surface area contributed by atoms with Crippen molar-refractivity contribution in [2.45, 2.75) is 6.18 Å². The van der Waals surface area contributed by atoms with Gasteiger partial charge in [0.15, 0.2) is 5.82 Å². The summed E-state index contributed by atoms with van der Waals surface area (Å²) in [6.07, 6.45) is -4.53. The van der Waals surface area contributed by atoms with Crippen LogP contribution in [0.1, 0.15) is 5.56 Å². The number of methoxy groups -OCH3 is 1. The van der Waals surface area contributed by atoms with Crippen LogP contribution in [0.25, 0.3) is 11.3 Å². The maximum absolute atomic E-state index is 13.9. The molecule has 1 aromatic carbocycles. The van der Waals surface area contributed by atoms with E-state index in [0.717, 1.165) is 24.3 Å². The zero-order valence-electron chi connectivity index (χ0n) is 10.8. The molecule has 2 aromatic rings. The number of hydrogen-bond donors (Lipinski definition) is 2. The van der Waals surface area contributed by atoms with E-state index in [9.17, 15) is 17.6 Å². The van der Waals surface area contributed by atoms with E-state index in [1.165, 1.54) is 7.11 Å². The zero-order valence-corrected chi connectivity index (χ0v) is 10.8. The fraction of sp³-hybridized carbons (Fsp3) is 0.154. The second-order valence-corrected chi connectivity index (χ2v) is 4.21. The molecule has 0 bridgehead atoms. The number of ether oxygens (including phenoxy) is 1. The number of halogens is 4. The summed E-state index contributed by atoms with van der Waals surface area (Å²) in [5.74, 6) is -1.09. The summed E-state index contributed by atoms with van der Waals surface area (Å²) < 4.78 is 56.7. The zero-order chi connectivity index (χ0) is 15.8. The highest BCUT2D eigenvalue weighted by Gasteiger charge is 2.31. The van der Waals surface area contributed by atoms with E-state index in [0.29, 0.717) is 0 Å². The van der Waals surface area contributed by atoms with Crippen molar-refractivity contribution in [1.82, 2.24) is 4.98 Å². The summed E-state index contributed by atoms with van der Waals surface area (Å²) in [5, 5.41) is 0. The molecule has 4 nitrogen and oxygen atoms in total. The summed E-state index contributed by atoms with van der Waals surface area (Å²) in [6.45, 7) is 0. The van der Waals surface area contributed by atoms with Gasteiger partial charge in [0, 0.05) is 11.6 Å². The molecule has 0 atom stereocenters. The molecule has 0 unspecified atom stereocenters. The van der Waals surface area contributed by atoms with Crippen molar-refractivity contribution in [2.75, 3.05) is 18.6 Å². The van der Waals surface area contributed by atoms with Crippen molar-refractivity contribution in [2.24, 2.45) is 0 Å². The van der Waals surface area contributed by atoms with E-state index in [1.54, 1.807) is 0 Å². The maximum Gasteiger partial charge on any atom is 0.416 e. The molecule has 21 heavy (non-hydrogen) atoms. The third-order valence-electron chi connectivity index (χ3n) is 2.82. The highest BCUT2D eigenvalue weighted by Crippen LogP contribution is 2.37. The lowest BCUT2D eigenvalue weighted by atomic mass is 10.1. The Morgan fingerprint density at radius 2 is 1.81 bits per heavy atom. The fourth-order valence-electron chi connectivity index (χ4n) is 1.77. The van der Waals surface area contributed by atoms with Crippen molar-refractivity contribution in [3.05, 3.63) is 35.6 Å². The minimum absolute atomic E-state index is 0.0506. The number of pyridine rings is 1. The summed E-state index contributed by atoms with van der Waals surface area (Å²) in [4.78, 5) is 3.76. The van der Waals surface area contributed by atoms with E-state index in [1.807, 2.05) is 0 Å². The van der Waals surface area contributed by atoms with Gasteiger partial charge in [-0.3, -0.25) is 0 Å². The van der Waals surface area contributed by atoms with Crippen molar-refractivity contribution in [3.63, 3.8) is 0 Å². The van der Waals surface area contributed by atoms with E-state index in [2.05, 4.69) is 4.98 Å². The van der Waals surface area contributed by atoms with E-state index >= 15 is 0 Å². The third-order valence-corrected chi connectivity index (χ3v) is 2.82. The number of rotatable bonds is 2. The van der Waals surface area contributed by atoms with Gasteiger partial charge in [0.25, 0.3) is 0 Å². The van der Waals surface area contributed by atoms with E-state index in [-0.39, 0.29) is 28.5 Å². The van der Waals surface area contributed by atoms with Gasteiger partial charge < -0.3 is 16.2 Å².